The predicted molar refractivity (Wildman–Crippen MR) is 70.7 cm³/mol. The van der Waals surface area contributed by atoms with E-state index >= 15 is 0 Å². The molecule has 1 amide bonds. The molecule has 0 saturated carbocycles. The summed E-state index contributed by atoms with van der Waals surface area (Å²) < 4.78 is 5.02. The van der Waals surface area contributed by atoms with Crippen molar-refractivity contribution in [2.75, 3.05) is 6.61 Å². The summed E-state index contributed by atoms with van der Waals surface area (Å²) in [6, 6.07) is -1.19. The zero-order valence-electron chi connectivity index (χ0n) is 12.1. The van der Waals surface area contributed by atoms with Crippen molar-refractivity contribution in [3.63, 3.8) is 0 Å². The van der Waals surface area contributed by atoms with E-state index in [0.29, 0.717) is 0 Å². The average molecular weight is 323 g/mol. The van der Waals surface area contributed by atoms with Crippen molar-refractivity contribution in [1.82, 2.24) is 5.32 Å². The summed E-state index contributed by atoms with van der Waals surface area (Å²) in [5.41, 5.74) is 0. The molecule has 128 valence electrons. The van der Waals surface area contributed by atoms with Crippen molar-refractivity contribution in [3.8, 4) is 0 Å². The molecule has 10 heteroatoms. The molecule has 0 aliphatic rings. The number of carboxylic acid groups (broad SMARTS) is 1. The fourth-order valence-electron chi connectivity index (χ4n) is 1.46. The minimum atomic E-state index is -1.86. The zero-order valence-corrected chi connectivity index (χ0v) is 12.1. The molecule has 0 aliphatic heterocycles. The van der Waals surface area contributed by atoms with Gasteiger partial charge in [0.25, 0.3) is 0 Å². The van der Waals surface area contributed by atoms with Gasteiger partial charge in [0, 0.05) is 0 Å². The van der Waals surface area contributed by atoms with Crippen LogP contribution in [0.3, 0.4) is 0 Å². The summed E-state index contributed by atoms with van der Waals surface area (Å²) in [6.07, 6.45) is -8.38. The monoisotopic (exact) mass is 323 g/mol. The summed E-state index contributed by atoms with van der Waals surface area (Å²) in [6.45, 7) is 1.56. The molecule has 0 rings (SSSR count). The molecule has 0 spiro atoms. The number of carbonyl (C=O) groups excluding carboxylic acids is 2. The van der Waals surface area contributed by atoms with Crippen LogP contribution in [-0.2, 0) is 19.1 Å². The summed E-state index contributed by atoms with van der Waals surface area (Å²) in [4.78, 5) is 32.9. The molecule has 0 aliphatic carbocycles. The van der Waals surface area contributed by atoms with Gasteiger partial charge in [-0.25, -0.2) is 0 Å². The van der Waals surface area contributed by atoms with E-state index in [1.165, 1.54) is 13.8 Å². The highest BCUT2D eigenvalue weighted by Gasteiger charge is 2.35. The normalized spacial score (nSPS) is 19.4. The van der Waals surface area contributed by atoms with Crippen LogP contribution in [0.1, 0.15) is 13.8 Å². The van der Waals surface area contributed by atoms with E-state index in [0.717, 1.165) is 0 Å². The quantitative estimate of drug-likeness (QED) is 0.224. The maximum absolute atomic E-state index is 11.7. The van der Waals surface area contributed by atoms with E-state index in [1.807, 2.05) is 0 Å². The molecular weight excluding hydrogens is 302 g/mol. The Morgan fingerprint density at radius 2 is 1.77 bits per heavy atom. The van der Waals surface area contributed by atoms with Crippen LogP contribution in [0.15, 0.2) is 0 Å². The van der Waals surface area contributed by atoms with Crippen LogP contribution < -0.4 is 5.32 Å². The Kier molecular flexibility index (Phi) is 8.75. The third kappa shape index (κ3) is 6.03. The lowest BCUT2D eigenvalue weighted by Gasteiger charge is -2.29. The van der Waals surface area contributed by atoms with Crippen molar-refractivity contribution in [3.05, 3.63) is 0 Å². The third-order valence-corrected chi connectivity index (χ3v) is 2.85. The first-order valence-electron chi connectivity index (χ1n) is 6.44. The Bertz CT molecular complexity index is 389. The second kappa shape index (κ2) is 9.43. The third-order valence-electron chi connectivity index (χ3n) is 2.85. The highest BCUT2D eigenvalue weighted by atomic mass is 16.5. The Hall–Kier alpha value is -1.59. The highest BCUT2D eigenvalue weighted by Crippen LogP contribution is 2.12. The van der Waals surface area contributed by atoms with Gasteiger partial charge in [-0.15, -0.1) is 0 Å². The number of nitrogens with one attached hydrogen (secondary N) is 1. The predicted octanol–water partition coefficient (Wildman–Crippen LogP) is -3.38. The number of aliphatic hydroxyl groups excluding tert-OH is 4. The van der Waals surface area contributed by atoms with Crippen LogP contribution in [0.25, 0.3) is 0 Å². The van der Waals surface area contributed by atoms with Crippen LogP contribution in [0, 0.1) is 0 Å². The summed E-state index contributed by atoms with van der Waals surface area (Å²) in [5, 5.41) is 48.0. The van der Waals surface area contributed by atoms with Gasteiger partial charge in [0.1, 0.15) is 36.6 Å². The van der Waals surface area contributed by atoms with E-state index in [-0.39, 0.29) is 6.29 Å². The number of hydrogen-bond acceptors (Lipinski definition) is 8. The molecule has 6 atom stereocenters. The Morgan fingerprint density at radius 1 is 1.23 bits per heavy atom. The lowest BCUT2D eigenvalue weighted by atomic mass is 10.0. The Balaban J connectivity index is 4.88. The summed E-state index contributed by atoms with van der Waals surface area (Å²) >= 11 is 0. The van der Waals surface area contributed by atoms with Crippen molar-refractivity contribution in [2.24, 2.45) is 0 Å². The van der Waals surface area contributed by atoms with Gasteiger partial charge in [-0.05, 0) is 13.8 Å². The van der Waals surface area contributed by atoms with Crippen LogP contribution in [0.2, 0.25) is 0 Å². The van der Waals surface area contributed by atoms with E-state index in [2.05, 4.69) is 5.32 Å². The van der Waals surface area contributed by atoms with Crippen molar-refractivity contribution < 1.29 is 44.7 Å². The van der Waals surface area contributed by atoms with Gasteiger partial charge in [0.2, 0.25) is 5.91 Å². The number of hydrogen-bond donors (Lipinski definition) is 6. The van der Waals surface area contributed by atoms with Gasteiger partial charge in [0.15, 0.2) is 6.29 Å². The molecule has 6 N–H and O–H groups in total. The molecule has 0 aromatic heterocycles. The minimum Gasteiger partial charge on any atom is -0.480 e. The molecule has 0 heterocycles. The minimum absolute atomic E-state index is 0.0302. The molecule has 0 bridgehead atoms. The lowest BCUT2D eigenvalue weighted by molar-refractivity contribution is -0.170. The van der Waals surface area contributed by atoms with Crippen LogP contribution in [0.5, 0.6) is 0 Å². The summed E-state index contributed by atoms with van der Waals surface area (Å²) in [7, 11) is 0. The van der Waals surface area contributed by atoms with Crippen molar-refractivity contribution in [1.29, 1.82) is 0 Å². The number of aldehydes is 1. The molecule has 0 unspecified atom stereocenters. The average Bonchev–Trinajstić information content (AvgIpc) is 2.49. The molecule has 0 saturated heterocycles. The zero-order chi connectivity index (χ0) is 17.4. The van der Waals surface area contributed by atoms with Gasteiger partial charge in [-0.3, -0.25) is 9.59 Å². The van der Waals surface area contributed by atoms with Gasteiger partial charge >= 0.3 is 5.97 Å². The van der Waals surface area contributed by atoms with E-state index in [1.54, 1.807) is 0 Å². The molecule has 0 aromatic carbocycles. The van der Waals surface area contributed by atoms with Crippen molar-refractivity contribution >= 4 is 18.2 Å². The molecular formula is C12H21NO9. The lowest BCUT2D eigenvalue weighted by Crippen LogP contribution is -2.52. The molecule has 0 radical (unpaired) electrons. The number of carbonyl (C=O) groups is 3. The summed E-state index contributed by atoms with van der Waals surface area (Å²) in [5.74, 6) is -2.13. The Labute approximate surface area is 126 Å². The van der Waals surface area contributed by atoms with Gasteiger partial charge in [0.05, 0.1) is 6.61 Å². The fraction of sp³-hybridized carbons (Fsp3) is 0.750. The van der Waals surface area contributed by atoms with Gasteiger partial charge in [-0.1, -0.05) is 0 Å². The second-order valence-corrected chi connectivity index (χ2v) is 4.68. The van der Waals surface area contributed by atoms with Crippen molar-refractivity contribution in [2.45, 2.75) is 50.4 Å². The number of aliphatic carboxylic acids is 1. The van der Waals surface area contributed by atoms with E-state index < -0.39 is 55.0 Å². The number of carboxylic acids is 1. The molecule has 0 fully saturated rings. The standard InChI is InChI=1S/C12H21NO9/c1-5(12(20)21)13-11(19)6(2)22-10(8(17)4-15)9(18)7(16)3-14/h4-10,14,16-18H,3H2,1-2H3,(H,13,19)(H,20,21)/t5-,6-,7+,8+,9+,10-/m0/s1. The number of amides is 1. The Morgan fingerprint density at radius 3 is 2.18 bits per heavy atom. The topological polar surface area (TPSA) is 174 Å². The molecule has 22 heavy (non-hydrogen) atoms. The smallest absolute Gasteiger partial charge is 0.325 e. The number of ether oxygens (including phenoxy) is 1. The largest absolute Gasteiger partial charge is 0.480 e. The first kappa shape index (κ1) is 20.4. The highest BCUT2D eigenvalue weighted by molar-refractivity contribution is 5.85. The van der Waals surface area contributed by atoms with Gasteiger partial charge < -0.3 is 40.4 Å². The van der Waals surface area contributed by atoms with E-state index in [9.17, 15) is 29.7 Å². The first-order chi connectivity index (χ1) is 10.1. The maximum atomic E-state index is 11.7. The first-order valence-corrected chi connectivity index (χ1v) is 6.44. The maximum Gasteiger partial charge on any atom is 0.325 e. The van der Waals surface area contributed by atoms with E-state index in [4.69, 9.17) is 14.9 Å². The molecule has 10 nitrogen and oxygen atoms in total. The SMILES string of the molecule is C[C@H](NC(=O)[C@H](C)O[C@H]([C@H](O)[C@H](O)CO)[C@H](O)C=O)C(=O)O. The fourth-order valence-corrected chi connectivity index (χ4v) is 1.46. The van der Waals surface area contributed by atoms with Gasteiger partial charge in [-0.2, -0.15) is 0 Å². The second-order valence-electron chi connectivity index (χ2n) is 4.68. The molecule has 0 aromatic rings. The van der Waals surface area contributed by atoms with Crippen LogP contribution in [0.4, 0.5) is 0 Å². The van der Waals surface area contributed by atoms with Crippen LogP contribution >= 0.6 is 0 Å². The number of aliphatic hydroxyl groups is 4. The van der Waals surface area contributed by atoms with Crippen LogP contribution in [-0.4, -0.2) is 86.9 Å². The number of rotatable bonds is 10.